The van der Waals surface area contributed by atoms with E-state index >= 15 is 0 Å². The van der Waals surface area contributed by atoms with Gasteiger partial charge < -0.3 is 26.2 Å². The van der Waals surface area contributed by atoms with E-state index in [4.69, 9.17) is 4.74 Å². The van der Waals surface area contributed by atoms with Crippen LogP contribution in [0, 0.1) is 0 Å². The molecule has 0 aromatic rings. The van der Waals surface area contributed by atoms with Crippen molar-refractivity contribution in [2.24, 2.45) is 0 Å². The number of unbranched alkanes of at least 4 members (excludes halogenated alkanes) is 1. The Bertz CT molecular complexity index is 229. The van der Waals surface area contributed by atoms with E-state index in [2.05, 4.69) is 34.5 Å². The summed E-state index contributed by atoms with van der Waals surface area (Å²) in [6.07, 6.45) is 4.92. The summed E-state index contributed by atoms with van der Waals surface area (Å²) < 4.78 is 5.90. The Hall–Kier alpha value is -0.350. The topological polar surface area (TPSA) is 26.3 Å². The van der Waals surface area contributed by atoms with Crippen LogP contribution in [0.3, 0.4) is 0 Å². The first-order chi connectivity index (χ1) is 7.44. The molecule has 0 aliphatic heterocycles. The molecule has 0 rings (SSSR count). The minimum absolute atomic E-state index is 0. The SMILES string of the molecule is C=CC(=O)OCC[N+](C)(C)C(C)CCCC.[Br-]. The lowest BCUT2D eigenvalue weighted by atomic mass is 10.1. The van der Waals surface area contributed by atoms with Crippen molar-refractivity contribution >= 4 is 5.97 Å². The van der Waals surface area contributed by atoms with Crippen molar-refractivity contribution in [1.82, 2.24) is 0 Å². The largest absolute Gasteiger partial charge is 1.00 e. The third-order valence-electron chi connectivity index (χ3n) is 3.25. The first-order valence-electron chi connectivity index (χ1n) is 6.06. The number of esters is 1. The quantitative estimate of drug-likeness (QED) is 0.339. The summed E-state index contributed by atoms with van der Waals surface area (Å²) in [5.41, 5.74) is 0. The molecule has 102 valence electrons. The molecule has 0 amide bonds. The zero-order valence-corrected chi connectivity index (χ0v) is 13.1. The van der Waals surface area contributed by atoms with Gasteiger partial charge in [0.1, 0.15) is 13.2 Å². The lowest BCUT2D eigenvalue weighted by molar-refractivity contribution is -0.913. The molecule has 0 fully saturated rings. The van der Waals surface area contributed by atoms with Crippen molar-refractivity contribution in [3.63, 3.8) is 0 Å². The molecule has 1 atom stereocenters. The highest BCUT2D eigenvalue weighted by Crippen LogP contribution is 2.13. The maximum absolute atomic E-state index is 10.9. The van der Waals surface area contributed by atoms with Gasteiger partial charge in [0.2, 0.25) is 0 Å². The Kier molecular flexibility index (Phi) is 10.8. The van der Waals surface area contributed by atoms with Crippen LogP contribution in [0.4, 0.5) is 0 Å². The van der Waals surface area contributed by atoms with Gasteiger partial charge in [-0.05, 0) is 19.8 Å². The molecular weight excluding hydrogens is 282 g/mol. The Morgan fingerprint density at radius 1 is 1.47 bits per heavy atom. The summed E-state index contributed by atoms with van der Waals surface area (Å²) in [7, 11) is 4.37. The smallest absolute Gasteiger partial charge is 0.330 e. The van der Waals surface area contributed by atoms with Crippen LogP contribution in [0.2, 0.25) is 0 Å². The lowest BCUT2D eigenvalue weighted by Crippen LogP contribution is -3.00. The van der Waals surface area contributed by atoms with Gasteiger partial charge in [0.25, 0.3) is 0 Å². The number of quaternary nitrogens is 1. The monoisotopic (exact) mass is 307 g/mol. The molecule has 0 saturated heterocycles. The van der Waals surface area contributed by atoms with Gasteiger partial charge in [-0.1, -0.05) is 19.9 Å². The third kappa shape index (κ3) is 8.38. The van der Waals surface area contributed by atoms with E-state index in [0.717, 1.165) is 11.0 Å². The minimum Gasteiger partial charge on any atom is -1.00 e. The first kappa shape index (κ1) is 19.0. The van der Waals surface area contributed by atoms with Gasteiger partial charge in [0.15, 0.2) is 0 Å². The van der Waals surface area contributed by atoms with Gasteiger partial charge in [-0.25, -0.2) is 4.79 Å². The first-order valence-corrected chi connectivity index (χ1v) is 6.06. The third-order valence-corrected chi connectivity index (χ3v) is 3.25. The van der Waals surface area contributed by atoms with Crippen molar-refractivity contribution in [3.05, 3.63) is 12.7 Å². The number of halogens is 1. The molecule has 0 aliphatic carbocycles. The summed E-state index contributed by atoms with van der Waals surface area (Å²) in [5.74, 6) is -0.332. The zero-order chi connectivity index (χ0) is 12.6. The van der Waals surface area contributed by atoms with Gasteiger partial charge >= 0.3 is 5.97 Å². The van der Waals surface area contributed by atoms with E-state index in [0.29, 0.717) is 12.6 Å². The summed E-state index contributed by atoms with van der Waals surface area (Å²) in [5, 5.41) is 0. The average Bonchev–Trinajstić information content (AvgIpc) is 2.25. The summed E-state index contributed by atoms with van der Waals surface area (Å²) in [6.45, 7) is 9.15. The van der Waals surface area contributed by atoms with E-state index in [9.17, 15) is 4.79 Å². The minimum atomic E-state index is -0.332. The summed E-state index contributed by atoms with van der Waals surface area (Å²) in [4.78, 5) is 10.9. The van der Waals surface area contributed by atoms with Crippen molar-refractivity contribution in [3.8, 4) is 0 Å². The van der Waals surface area contributed by atoms with Crippen molar-refractivity contribution in [2.45, 2.75) is 39.2 Å². The molecule has 4 heteroatoms. The molecule has 3 nitrogen and oxygen atoms in total. The molecule has 0 N–H and O–H groups in total. The van der Waals surface area contributed by atoms with Crippen LogP contribution in [-0.2, 0) is 9.53 Å². The number of likely N-dealkylation sites (N-methyl/N-ethyl adjacent to an activating group) is 1. The normalized spacial score (nSPS) is 12.5. The molecule has 0 aromatic carbocycles. The number of carbonyl (C=O) groups is 1. The van der Waals surface area contributed by atoms with Crippen molar-refractivity contribution in [1.29, 1.82) is 0 Å². The second-order valence-corrected chi connectivity index (χ2v) is 4.87. The van der Waals surface area contributed by atoms with E-state index in [1.165, 1.54) is 25.3 Å². The Labute approximate surface area is 116 Å². The predicted molar refractivity (Wildman–Crippen MR) is 67.1 cm³/mol. The Balaban J connectivity index is 0. The molecule has 0 bridgehead atoms. The zero-order valence-electron chi connectivity index (χ0n) is 11.5. The molecule has 0 aliphatic rings. The van der Waals surface area contributed by atoms with Crippen LogP contribution in [0.5, 0.6) is 0 Å². The highest BCUT2D eigenvalue weighted by atomic mass is 79.9. The van der Waals surface area contributed by atoms with E-state index in [1.807, 2.05) is 0 Å². The van der Waals surface area contributed by atoms with E-state index in [-0.39, 0.29) is 23.0 Å². The van der Waals surface area contributed by atoms with Crippen LogP contribution >= 0.6 is 0 Å². The molecule has 1 unspecified atom stereocenters. The second kappa shape index (κ2) is 9.66. The Morgan fingerprint density at radius 2 is 2.06 bits per heavy atom. The van der Waals surface area contributed by atoms with Crippen LogP contribution in [0.25, 0.3) is 0 Å². The van der Waals surface area contributed by atoms with E-state index in [1.54, 1.807) is 0 Å². The summed E-state index contributed by atoms with van der Waals surface area (Å²) >= 11 is 0. The number of rotatable bonds is 8. The van der Waals surface area contributed by atoms with Crippen LogP contribution < -0.4 is 17.0 Å². The average molecular weight is 308 g/mol. The van der Waals surface area contributed by atoms with Crippen LogP contribution in [-0.4, -0.2) is 43.7 Å². The molecule has 0 radical (unpaired) electrons. The fourth-order valence-corrected chi connectivity index (χ4v) is 1.51. The van der Waals surface area contributed by atoms with Gasteiger partial charge in [-0.15, -0.1) is 0 Å². The fraction of sp³-hybridized carbons (Fsp3) is 0.769. The maximum Gasteiger partial charge on any atom is 0.330 e. The van der Waals surface area contributed by atoms with Gasteiger partial charge in [0, 0.05) is 6.08 Å². The molecular formula is C13H26BrNO2. The number of nitrogens with zero attached hydrogens (tertiary/aromatic N) is 1. The predicted octanol–water partition coefficient (Wildman–Crippen LogP) is -0.625. The van der Waals surface area contributed by atoms with Crippen LogP contribution in [0.1, 0.15) is 33.1 Å². The number of carbonyl (C=O) groups excluding carboxylic acids is 1. The molecule has 0 aromatic heterocycles. The highest BCUT2D eigenvalue weighted by Gasteiger charge is 2.23. The second-order valence-electron chi connectivity index (χ2n) is 4.87. The van der Waals surface area contributed by atoms with Gasteiger partial charge in [-0.2, -0.15) is 0 Å². The number of ether oxygens (including phenoxy) is 1. The van der Waals surface area contributed by atoms with Crippen molar-refractivity contribution < 1.29 is 31.0 Å². The standard InChI is InChI=1S/C13H26NO2.BrH/c1-6-8-9-12(3)14(4,5)10-11-16-13(15)7-2;/h7,12H,2,6,8-11H2,1,3-5H3;1H/q+1;/p-1. The van der Waals surface area contributed by atoms with Gasteiger partial charge in [0.05, 0.1) is 20.1 Å². The molecule has 0 heterocycles. The maximum atomic E-state index is 10.9. The van der Waals surface area contributed by atoms with Crippen molar-refractivity contribution in [2.75, 3.05) is 27.2 Å². The molecule has 17 heavy (non-hydrogen) atoms. The fourth-order valence-electron chi connectivity index (χ4n) is 1.51. The van der Waals surface area contributed by atoms with Gasteiger partial charge in [-0.3, -0.25) is 0 Å². The van der Waals surface area contributed by atoms with E-state index < -0.39 is 0 Å². The highest BCUT2D eigenvalue weighted by molar-refractivity contribution is 5.81. The Morgan fingerprint density at radius 3 is 2.53 bits per heavy atom. The summed E-state index contributed by atoms with van der Waals surface area (Å²) in [6, 6.07) is 0.599. The molecule has 0 saturated carbocycles. The lowest BCUT2D eigenvalue weighted by Gasteiger charge is -2.36. The molecule has 0 spiro atoms. The van der Waals surface area contributed by atoms with Crippen LogP contribution in [0.15, 0.2) is 12.7 Å². The number of hydrogen-bond donors (Lipinski definition) is 0. The number of hydrogen-bond acceptors (Lipinski definition) is 2.